The monoisotopic (exact) mass is 205 g/mol. The van der Waals surface area contributed by atoms with Gasteiger partial charge in [-0.15, -0.1) is 0 Å². The standard InChI is InChI=1S/C12H15NO2/c1-3-7-10(2)15-12(14)13-11-8-5-4-6-9-11/h3-10H,1-2H3,(H,13,14)/b7-3+. The van der Waals surface area contributed by atoms with Gasteiger partial charge in [-0.05, 0) is 32.1 Å². The second-order valence-corrected chi connectivity index (χ2v) is 3.13. The summed E-state index contributed by atoms with van der Waals surface area (Å²) in [5.41, 5.74) is 0.732. The number of nitrogens with one attached hydrogen (secondary N) is 1. The second kappa shape index (κ2) is 5.86. The van der Waals surface area contributed by atoms with Crippen molar-refractivity contribution in [2.45, 2.75) is 20.0 Å². The number of hydrogen-bond acceptors (Lipinski definition) is 2. The molecule has 0 heterocycles. The molecule has 1 rings (SSSR count). The van der Waals surface area contributed by atoms with E-state index in [9.17, 15) is 4.79 Å². The summed E-state index contributed by atoms with van der Waals surface area (Å²) in [6.45, 7) is 3.69. The Balaban J connectivity index is 2.43. The molecule has 0 fully saturated rings. The maximum atomic E-state index is 11.3. The van der Waals surface area contributed by atoms with Crippen LogP contribution >= 0.6 is 0 Å². The number of carbonyl (C=O) groups excluding carboxylic acids is 1. The summed E-state index contributed by atoms with van der Waals surface area (Å²) in [4.78, 5) is 11.3. The molecule has 1 N–H and O–H groups in total. The largest absolute Gasteiger partial charge is 0.442 e. The fraction of sp³-hybridized carbons (Fsp3) is 0.250. The topological polar surface area (TPSA) is 38.3 Å². The van der Waals surface area contributed by atoms with Crippen molar-refractivity contribution in [3.8, 4) is 0 Å². The molecule has 0 aliphatic heterocycles. The summed E-state index contributed by atoms with van der Waals surface area (Å²) in [5, 5.41) is 2.64. The minimum atomic E-state index is -0.438. The number of anilines is 1. The van der Waals surface area contributed by atoms with E-state index in [-0.39, 0.29) is 6.10 Å². The van der Waals surface area contributed by atoms with E-state index < -0.39 is 6.09 Å². The molecule has 1 aromatic carbocycles. The van der Waals surface area contributed by atoms with E-state index in [4.69, 9.17) is 4.74 Å². The van der Waals surface area contributed by atoms with E-state index in [1.165, 1.54) is 0 Å². The molecule has 0 aliphatic rings. The van der Waals surface area contributed by atoms with Crippen LogP contribution in [0.15, 0.2) is 42.5 Å². The van der Waals surface area contributed by atoms with Crippen LogP contribution in [0.1, 0.15) is 13.8 Å². The number of ether oxygens (including phenoxy) is 1. The first-order valence-electron chi connectivity index (χ1n) is 4.88. The lowest BCUT2D eigenvalue weighted by Gasteiger charge is -2.10. The van der Waals surface area contributed by atoms with Crippen molar-refractivity contribution in [1.82, 2.24) is 0 Å². The molecule has 80 valence electrons. The molecule has 0 saturated carbocycles. The van der Waals surface area contributed by atoms with Crippen LogP contribution < -0.4 is 5.32 Å². The predicted octanol–water partition coefficient (Wildman–Crippen LogP) is 3.20. The highest BCUT2D eigenvalue weighted by atomic mass is 16.6. The first kappa shape index (κ1) is 11.3. The van der Waals surface area contributed by atoms with Gasteiger partial charge in [-0.2, -0.15) is 0 Å². The van der Waals surface area contributed by atoms with E-state index in [0.29, 0.717) is 0 Å². The molecule has 3 heteroatoms. The van der Waals surface area contributed by atoms with Crippen LogP contribution in [0.2, 0.25) is 0 Å². The van der Waals surface area contributed by atoms with Gasteiger partial charge in [0.05, 0.1) is 0 Å². The van der Waals surface area contributed by atoms with Crippen molar-refractivity contribution in [2.75, 3.05) is 5.32 Å². The summed E-state index contributed by atoms with van der Waals surface area (Å²) >= 11 is 0. The number of para-hydroxylation sites is 1. The fourth-order valence-electron chi connectivity index (χ4n) is 1.15. The molecule has 3 nitrogen and oxygen atoms in total. The number of allylic oxidation sites excluding steroid dienone is 1. The van der Waals surface area contributed by atoms with Gasteiger partial charge in [-0.1, -0.05) is 24.3 Å². The Morgan fingerprint density at radius 2 is 2.07 bits per heavy atom. The van der Waals surface area contributed by atoms with E-state index in [0.717, 1.165) is 5.69 Å². The molecule has 0 saturated heterocycles. The number of carbonyl (C=O) groups is 1. The van der Waals surface area contributed by atoms with Crippen molar-refractivity contribution < 1.29 is 9.53 Å². The van der Waals surface area contributed by atoms with Crippen LogP contribution in [0.25, 0.3) is 0 Å². The first-order valence-corrected chi connectivity index (χ1v) is 4.88. The number of rotatable bonds is 3. The maximum absolute atomic E-state index is 11.3. The van der Waals surface area contributed by atoms with Crippen molar-refractivity contribution in [2.24, 2.45) is 0 Å². The molecule has 1 unspecified atom stereocenters. The fourth-order valence-corrected chi connectivity index (χ4v) is 1.15. The third-order valence-corrected chi connectivity index (χ3v) is 1.78. The highest BCUT2D eigenvalue weighted by molar-refractivity contribution is 5.84. The van der Waals surface area contributed by atoms with E-state index in [1.807, 2.05) is 56.3 Å². The van der Waals surface area contributed by atoms with Gasteiger partial charge >= 0.3 is 6.09 Å². The van der Waals surface area contributed by atoms with Crippen LogP contribution in [0.3, 0.4) is 0 Å². The van der Waals surface area contributed by atoms with Crippen LogP contribution in [0.4, 0.5) is 10.5 Å². The summed E-state index contributed by atoms with van der Waals surface area (Å²) in [6, 6.07) is 9.21. The third-order valence-electron chi connectivity index (χ3n) is 1.78. The highest BCUT2D eigenvalue weighted by Crippen LogP contribution is 2.06. The average molecular weight is 205 g/mol. The Bertz CT molecular complexity index is 333. The molecule has 0 radical (unpaired) electrons. The van der Waals surface area contributed by atoms with Crippen molar-refractivity contribution >= 4 is 11.8 Å². The zero-order valence-corrected chi connectivity index (χ0v) is 8.94. The third kappa shape index (κ3) is 4.31. The average Bonchev–Trinajstić information content (AvgIpc) is 2.19. The van der Waals surface area contributed by atoms with Crippen molar-refractivity contribution in [1.29, 1.82) is 0 Å². The molecular formula is C12H15NO2. The highest BCUT2D eigenvalue weighted by Gasteiger charge is 2.05. The molecule has 1 aromatic rings. The zero-order chi connectivity index (χ0) is 11.1. The smallest absolute Gasteiger partial charge is 0.412 e. The summed E-state index contributed by atoms with van der Waals surface area (Å²) in [7, 11) is 0. The number of benzene rings is 1. The lowest BCUT2D eigenvalue weighted by molar-refractivity contribution is 0.142. The van der Waals surface area contributed by atoms with Gasteiger partial charge in [0.1, 0.15) is 6.10 Å². The minimum Gasteiger partial charge on any atom is -0.442 e. The first-order chi connectivity index (χ1) is 7.22. The Morgan fingerprint density at radius 3 is 2.67 bits per heavy atom. The molecule has 1 amide bonds. The van der Waals surface area contributed by atoms with Crippen molar-refractivity contribution in [3.63, 3.8) is 0 Å². The normalized spacial score (nSPS) is 12.4. The summed E-state index contributed by atoms with van der Waals surface area (Å²) < 4.78 is 5.06. The van der Waals surface area contributed by atoms with Gasteiger partial charge < -0.3 is 4.74 Å². The second-order valence-electron chi connectivity index (χ2n) is 3.13. The van der Waals surface area contributed by atoms with Gasteiger partial charge in [0, 0.05) is 5.69 Å². The zero-order valence-electron chi connectivity index (χ0n) is 8.94. The maximum Gasteiger partial charge on any atom is 0.412 e. The molecule has 0 bridgehead atoms. The molecule has 0 aliphatic carbocycles. The molecule has 0 spiro atoms. The number of hydrogen-bond donors (Lipinski definition) is 1. The predicted molar refractivity (Wildman–Crippen MR) is 60.8 cm³/mol. The van der Waals surface area contributed by atoms with Crippen LogP contribution in [0.5, 0.6) is 0 Å². The van der Waals surface area contributed by atoms with E-state index >= 15 is 0 Å². The Morgan fingerprint density at radius 1 is 1.40 bits per heavy atom. The molecule has 0 aromatic heterocycles. The van der Waals surface area contributed by atoms with Gasteiger partial charge in [0.15, 0.2) is 0 Å². The van der Waals surface area contributed by atoms with Gasteiger partial charge in [0.25, 0.3) is 0 Å². The molecular weight excluding hydrogens is 190 g/mol. The Labute approximate surface area is 89.8 Å². The lowest BCUT2D eigenvalue weighted by Crippen LogP contribution is -2.18. The van der Waals surface area contributed by atoms with Gasteiger partial charge in [0.2, 0.25) is 0 Å². The van der Waals surface area contributed by atoms with Crippen LogP contribution in [-0.2, 0) is 4.74 Å². The number of amides is 1. The summed E-state index contributed by atoms with van der Waals surface area (Å²) in [5.74, 6) is 0. The molecule has 1 atom stereocenters. The van der Waals surface area contributed by atoms with Gasteiger partial charge in [-0.3, -0.25) is 5.32 Å². The van der Waals surface area contributed by atoms with Gasteiger partial charge in [-0.25, -0.2) is 4.79 Å². The summed E-state index contributed by atoms with van der Waals surface area (Å²) in [6.07, 6.45) is 3.01. The SMILES string of the molecule is C/C=C/C(C)OC(=O)Nc1ccccc1. The van der Waals surface area contributed by atoms with Crippen LogP contribution in [0, 0.1) is 0 Å². The molecule has 15 heavy (non-hydrogen) atoms. The van der Waals surface area contributed by atoms with Crippen LogP contribution in [-0.4, -0.2) is 12.2 Å². The quantitative estimate of drug-likeness (QED) is 0.769. The van der Waals surface area contributed by atoms with Crippen molar-refractivity contribution in [3.05, 3.63) is 42.5 Å². The van der Waals surface area contributed by atoms with E-state index in [1.54, 1.807) is 0 Å². The Hall–Kier alpha value is -1.77. The lowest BCUT2D eigenvalue weighted by atomic mass is 10.3. The minimum absolute atomic E-state index is 0.210. The van der Waals surface area contributed by atoms with E-state index in [2.05, 4.69) is 5.32 Å². The Kier molecular flexibility index (Phi) is 4.41.